The molecule has 23 heavy (non-hydrogen) atoms. The van der Waals surface area contributed by atoms with Gasteiger partial charge in [0.25, 0.3) is 5.91 Å². The number of halogens is 2. The lowest BCUT2D eigenvalue weighted by Crippen LogP contribution is -2.23. The molecule has 0 bridgehead atoms. The van der Waals surface area contributed by atoms with E-state index >= 15 is 0 Å². The van der Waals surface area contributed by atoms with Crippen molar-refractivity contribution in [3.8, 4) is 5.75 Å². The highest BCUT2D eigenvalue weighted by molar-refractivity contribution is 14.1. The summed E-state index contributed by atoms with van der Waals surface area (Å²) in [6.45, 7) is 0.347. The third kappa shape index (κ3) is 3.56. The molecule has 1 heterocycles. The van der Waals surface area contributed by atoms with Crippen LogP contribution < -0.4 is 5.32 Å². The van der Waals surface area contributed by atoms with E-state index in [1.807, 2.05) is 24.3 Å². The maximum Gasteiger partial charge on any atom is 0.256 e. The predicted molar refractivity (Wildman–Crippen MR) is 98.7 cm³/mol. The van der Waals surface area contributed by atoms with E-state index in [1.54, 1.807) is 18.2 Å². The Bertz CT molecular complexity index is 882. The molecule has 2 N–H and O–H groups in total. The monoisotopic (exact) mass is 438 g/mol. The molecular weight excluding hydrogens is 427 g/mol. The van der Waals surface area contributed by atoms with Crippen LogP contribution in [0.2, 0.25) is 5.02 Å². The Morgan fingerprint density at radius 2 is 1.96 bits per heavy atom. The SMILES string of the molecule is O=C(NCc1ccc(Cl)cc1)c1cnc2ccc(I)cc2c1O. The molecule has 0 atom stereocenters. The van der Waals surface area contributed by atoms with Crippen molar-refractivity contribution in [1.29, 1.82) is 0 Å². The first-order valence-corrected chi connectivity index (χ1v) is 8.30. The lowest BCUT2D eigenvalue weighted by atomic mass is 10.1. The van der Waals surface area contributed by atoms with E-state index in [2.05, 4.69) is 32.9 Å². The highest BCUT2D eigenvalue weighted by Crippen LogP contribution is 2.28. The minimum absolute atomic E-state index is 0.0536. The van der Waals surface area contributed by atoms with Crippen LogP contribution >= 0.6 is 34.2 Å². The van der Waals surface area contributed by atoms with Gasteiger partial charge in [0.15, 0.2) is 0 Å². The van der Waals surface area contributed by atoms with Crippen molar-refractivity contribution in [3.05, 3.63) is 68.4 Å². The summed E-state index contributed by atoms with van der Waals surface area (Å²) in [6, 6.07) is 12.7. The Hall–Kier alpha value is -1.86. The minimum atomic E-state index is -0.370. The number of hydrogen-bond donors (Lipinski definition) is 2. The van der Waals surface area contributed by atoms with Gasteiger partial charge in [-0.05, 0) is 58.5 Å². The molecule has 0 aliphatic carbocycles. The van der Waals surface area contributed by atoms with Gasteiger partial charge in [-0.3, -0.25) is 9.78 Å². The molecule has 0 aliphatic rings. The quantitative estimate of drug-likeness (QED) is 0.605. The number of nitrogens with one attached hydrogen (secondary N) is 1. The molecule has 0 unspecified atom stereocenters. The third-order valence-corrected chi connectivity index (χ3v) is 4.34. The second-order valence-electron chi connectivity index (χ2n) is 4.99. The minimum Gasteiger partial charge on any atom is -0.506 e. The van der Waals surface area contributed by atoms with Crippen LogP contribution in [-0.4, -0.2) is 16.0 Å². The van der Waals surface area contributed by atoms with E-state index in [4.69, 9.17) is 11.6 Å². The topological polar surface area (TPSA) is 62.2 Å². The molecule has 3 aromatic rings. The van der Waals surface area contributed by atoms with Crippen molar-refractivity contribution < 1.29 is 9.90 Å². The molecule has 2 aromatic carbocycles. The Balaban J connectivity index is 1.83. The number of hydrogen-bond acceptors (Lipinski definition) is 3. The molecule has 0 aliphatic heterocycles. The maximum absolute atomic E-state index is 12.3. The molecule has 116 valence electrons. The van der Waals surface area contributed by atoms with Gasteiger partial charge in [-0.2, -0.15) is 0 Å². The van der Waals surface area contributed by atoms with E-state index in [0.717, 1.165) is 9.13 Å². The van der Waals surface area contributed by atoms with E-state index in [1.165, 1.54) is 6.20 Å². The first kappa shape index (κ1) is 16.0. The van der Waals surface area contributed by atoms with E-state index < -0.39 is 0 Å². The molecule has 4 nitrogen and oxygen atoms in total. The molecule has 0 saturated carbocycles. The van der Waals surface area contributed by atoms with Crippen molar-refractivity contribution in [2.45, 2.75) is 6.54 Å². The first-order chi connectivity index (χ1) is 11.0. The molecule has 0 radical (unpaired) electrons. The van der Waals surface area contributed by atoms with Gasteiger partial charge in [0.2, 0.25) is 0 Å². The predicted octanol–water partition coefficient (Wildman–Crippen LogP) is 4.13. The Kier molecular flexibility index (Phi) is 4.68. The van der Waals surface area contributed by atoms with Crippen molar-refractivity contribution in [2.75, 3.05) is 0 Å². The number of aromatic hydroxyl groups is 1. The molecule has 0 fully saturated rings. The van der Waals surface area contributed by atoms with Gasteiger partial charge in [-0.15, -0.1) is 0 Å². The number of pyridine rings is 1. The molecule has 6 heteroatoms. The van der Waals surface area contributed by atoms with Gasteiger partial charge < -0.3 is 10.4 Å². The number of rotatable bonds is 3. The molecule has 1 aromatic heterocycles. The molecular formula is C17H12ClIN2O2. The number of carbonyl (C=O) groups is 1. The molecule has 3 rings (SSSR count). The zero-order valence-electron chi connectivity index (χ0n) is 11.9. The van der Waals surface area contributed by atoms with E-state index in [9.17, 15) is 9.90 Å². The van der Waals surface area contributed by atoms with Gasteiger partial charge in [-0.1, -0.05) is 23.7 Å². The summed E-state index contributed by atoms with van der Waals surface area (Å²) in [7, 11) is 0. The number of carbonyl (C=O) groups excluding carboxylic acids is 1. The fraction of sp³-hybridized carbons (Fsp3) is 0.0588. The van der Waals surface area contributed by atoms with E-state index in [-0.39, 0.29) is 17.2 Å². The number of aromatic nitrogens is 1. The second kappa shape index (κ2) is 6.72. The van der Waals surface area contributed by atoms with Gasteiger partial charge in [0.05, 0.1) is 5.52 Å². The fourth-order valence-electron chi connectivity index (χ4n) is 2.20. The summed E-state index contributed by atoms with van der Waals surface area (Å²) >= 11 is 7.98. The van der Waals surface area contributed by atoms with Crippen molar-refractivity contribution in [3.63, 3.8) is 0 Å². The van der Waals surface area contributed by atoms with Crippen LogP contribution in [-0.2, 0) is 6.54 Å². The highest BCUT2D eigenvalue weighted by Gasteiger charge is 2.15. The lowest BCUT2D eigenvalue weighted by molar-refractivity contribution is 0.0948. The second-order valence-corrected chi connectivity index (χ2v) is 6.67. The zero-order chi connectivity index (χ0) is 16.4. The summed E-state index contributed by atoms with van der Waals surface area (Å²) in [4.78, 5) is 16.5. The molecule has 0 spiro atoms. The summed E-state index contributed by atoms with van der Waals surface area (Å²) in [5.41, 5.74) is 1.73. The van der Waals surface area contributed by atoms with Gasteiger partial charge in [0.1, 0.15) is 11.3 Å². The van der Waals surface area contributed by atoms with Gasteiger partial charge >= 0.3 is 0 Å². The number of benzene rings is 2. The zero-order valence-corrected chi connectivity index (χ0v) is 14.8. The van der Waals surface area contributed by atoms with Crippen molar-refractivity contribution in [1.82, 2.24) is 10.3 Å². The molecule has 1 amide bonds. The van der Waals surface area contributed by atoms with Gasteiger partial charge in [-0.25, -0.2) is 0 Å². The molecule has 0 saturated heterocycles. The number of fused-ring (bicyclic) bond motifs is 1. The number of amides is 1. The summed E-state index contributed by atoms with van der Waals surface area (Å²) in [6.07, 6.45) is 1.39. The largest absolute Gasteiger partial charge is 0.506 e. The smallest absolute Gasteiger partial charge is 0.256 e. The Morgan fingerprint density at radius 1 is 1.22 bits per heavy atom. The van der Waals surface area contributed by atoms with Crippen LogP contribution in [0.5, 0.6) is 5.75 Å². The van der Waals surface area contributed by atoms with Crippen LogP contribution in [0.1, 0.15) is 15.9 Å². The summed E-state index contributed by atoms with van der Waals surface area (Å²) in [5.74, 6) is -0.423. The van der Waals surface area contributed by atoms with Crippen molar-refractivity contribution in [2.24, 2.45) is 0 Å². The van der Waals surface area contributed by atoms with Crippen LogP contribution in [0.3, 0.4) is 0 Å². The summed E-state index contributed by atoms with van der Waals surface area (Å²) < 4.78 is 0.964. The van der Waals surface area contributed by atoms with Crippen LogP contribution in [0.15, 0.2) is 48.7 Å². The fourth-order valence-corrected chi connectivity index (χ4v) is 2.81. The maximum atomic E-state index is 12.3. The Labute approximate surface area is 151 Å². The van der Waals surface area contributed by atoms with Crippen molar-refractivity contribution >= 4 is 51.0 Å². The van der Waals surface area contributed by atoms with Crippen LogP contribution in [0.25, 0.3) is 10.9 Å². The standard InChI is InChI=1S/C17H12ClIN2O2/c18-11-3-1-10(2-4-11)8-21-17(23)14-9-20-15-6-5-12(19)7-13(15)16(14)22/h1-7,9H,8H2,(H,20,22)(H,21,23). The average Bonchev–Trinajstić information content (AvgIpc) is 2.55. The number of nitrogens with zero attached hydrogens (tertiary/aromatic N) is 1. The summed E-state index contributed by atoms with van der Waals surface area (Å²) in [5, 5.41) is 14.3. The van der Waals surface area contributed by atoms with Gasteiger partial charge in [0, 0.05) is 26.7 Å². The first-order valence-electron chi connectivity index (χ1n) is 6.84. The van der Waals surface area contributed by atoms with Crippen LogP contribution in [0, 0.1) is 3.57 Å². The highest BCUT2D eigenvalue weighted by atomic mass is 127. The third-order valence-electron chi connectivity index (χ3n) is 3.41. The Morgan fingerprint density at radius 3 is 2.70 bits per heavy atom. The average molecular weight is 439 g/mol. The lowest BCUT2D eigenvalue weighted by Gasteiger charge is -2.09. The van der Waals surface area contributed by atoms with E-state index in [0.29, 0.717) is 22.5 Å². The normalized spacial score (nSPS) is 10.7. The van der Waals surface area contributed by atoms with Crippen LogP contribution in [0.4, 0.5) is 0 Å².